The van der Waals surface area contributed by atoms with Crippen molar-refractivity contribution in [1.82, 2.24) is 19.8 Å². The van der Waals surface area contributed by atoms with E-state index in [1.165, 1.54) is 4.90 Å². The summed E-state index contributed by atoms with van der Waals surface area (Å²) in [5.41, 5.74) is 3.78. The molecule has 1 amide bonds. The van der Waals surface area contributed by atoms with Crippen molar-refractivity contribution in [1.29, 1.82) is 0 Å². The van der Waals surface area contributed by atoms with Crippen LogP contribution in [0.2, 0.25) is 0 Å². The maximum absolute atomic E-state index is 13.0. The number of ketones is 1. The number of nitrogens with one attached hydrogen (secondary N) is 1. The highest BCUT2D eigenvalue weighted by Crippen LogP contribution is 2.40. The highest BCUT2D eigenvalue weighted by molar-refractivity contribution is 6.46. The highest BCUT2D eigenvalue weighted by atomic mass is 16.3. The molecule has 2 aromatic rings. The summed E-state index contributed by atoms with van der Waals surface area (Å²) in [5, 5.41) is 11.2. The molecule has 2 aromatic heterocycles. The van der Waals surface area contributed by atoms with Gasteiger partial charge in [-0.3, -0.25) is 14.6 Å². The maximum Gasteiger partial charge on any atom is 0.295 e. The van der Waals surface area contributed by atoms with Crippen molar-refractivity contribution in [2.45, 2.75) is 33.2 Å². The van der Waals surface area contributed by atoms with E-state index >= 15 is 0 Å². The number of aryl methyl sites for hydroxylation is 2. The van der Waals surface area contributed by atoms with Gasteiger partial charge in [-0.2, -0.15) is 0 Å². The average molecular weight is 396 g/mol. The number of aromatic nitrogens is 2. The standard InChI is InChI=1S/C22H28N4O3/c1-13-14(2)24-15(3)17(13)20(27)18-19(16-9-6-7-10-23-16)26(22(29)21(18)28)12-8-11-25(4)5/h6-7,9-10,19,24,27H,8,11-12H2,1-5H3/b20-18+. The molecule has 1 unspecified atom stereocenters. The fraction of sp³-hybridized carbons (Fsp3) is 0.409. The van der Waals surface area contributed by atoms with Gasteiger partial charge in [0.2, 0.25) is 0 Å². The van der Waals surface area contributed by atoms with Crippen molar-refractivity contribution < 1.29 is 14.7 Å². The van der Waals surface area contributed by atoms with Gasteiger partial charge in [-0.25, -0.2) is 0 Å². The number of likely N-dealkylation sites (tertiary alicyclic amines) is 1. The zero-order valence-corrected chi connectivity index (χ0v) is 17.6. The number of carbonyl (C=O) groups excluding carboxylic acids is 2. The first kappa shape index (κ1) is 20.8. The number of aromatic amines is 1. The minimum atomic E-state index is -0.702. The molecule has 1 saturated heterocycles. The topological polar surface area (TPSA) is 89.5 Å². The second-order valence-electron chi connectivity index (χ2n) is 7.78. The fourth-order valence-corrected chi connectivity index (χ4v) is 3.91. The molecule has 2 N–H and O–H groups in total. The van der Waals surface area contributed by atoms with Crippen LogP contribution in [0.1, 0.15) is 40.7 Å². The van der Waals surface area contributed by atoms with Crippen LogP contribution in [0.15, 0.2) is 30.0 Å². The predicted molar refractivity (Wildman–Crippen MR) is 111 cm³/mol. The number of nitrogens with zero attached hydrogens (tertiary/aromatic N) is 3. The monoisotopic (exact) mass is 396 g/mol. The van der Waals surface area contributed by atoms with Gasteiger partial charge in [-0.05, 0) is 65.5 Å². The minimum Gasteiger partial charge on any atom is -0.507 e. The lowest BCUT2D eigenvalue weighted by atomic mass is 9.96. The average Bonchev–Trinajstić information content (AvgIpc) is 3.08. The molecule has 0 radical (unpaired) electrons. The van der Waals surface area contributed by atoms with E-state index in [0.717, 1.165) is 23.5 Å². The summed E-state index contributed by atoms with van der Waals surface area (Å²) in [4.78, 5) is 37.0. The third kappa shape index (κ3) is 3.82. The Morgan fingerprint density at radius 2 is 1.93 bits per heavy atom. The van der Waals surface area contributed by atoms with Gasteiger partial charge in [0.05, 0.1) is 11.3 Å². The second-order valence-corrected chi connectivity index (χ2v) is 7.78. The molecule has 0 bridgehead atoms. The summed E-state index contributed by atoms with van der Waals surface area (Å²) < 4.78 is 0. The summed E-state index contributed by atoms with van der Waals surface area (Å²) in [6.45, 7) is 6.84. The van der Waals surface area contributed by atoms with E-state index in [4.69, 9.17) is 0 Å². The molecule has 0 saturated carbocycles. The number of pyridine rings is 1. The lowest BCUT2D eigenvalue weighted by molar-refractivity contribution is -0.140. The number of Topliss-reactive ketones (excluding diaryl/α,β-unsaturated/α-hetero) is 1. The van der Waals surface area contributed by atoms with Crippen molar-refractivity contribution in [3.05, 3.63) is 58.2 Å². The number of aliphatic hydroxyl groups is 1. The van der Waals surface area contributed by atoms with Crippen LogP contribution in [0, 0.1) is 20.8 Å². The maximum atomic E-state index is 13.0. The third-order valence-electron chi connectivity index (χ3n) is 5.44. The highest BCUT2D eigenvalue weighted by Gasteiger charge is 2.46. The summed E-state index contributed by atoms with van der Waals surface area (Å²) in [6, 6.07) is 4.68. The largest absolute Gasteiger partial charge is 0.507 e. The van der Waals surface area contributed by atoms with E-state index in [-0.39, 0.29) is 11.3 Å². The predicted octanol–water partition coefficient (Wildman–Crippen LogP) is 2.71. The Labute approximate surface area is 171 Å². The number of hydrogen-bond donors (Lipinski definition) is 2. The third-order valence-corrected chi connectivity index (χ3v) is 5.44. The molecule has 7 nitrogen and oxygen atoms in total. The van der Waals surface area contributed by atoms with Gasteiger partial charge < -0.3 is 19.9 Å². The molecule has 3 heterocycles. The Balaban J connectivity index is 2.13. The van der Waals surface area contributed by atoms with Gasteiger partial charge in [0.25, 0.3) is 11.7 Å². The summed E-state index contributed by atoms with van der Waals surface area (Å²) in [7, 11) is 3.92. The fourth-order valence-electron chi connectivity index (χ4n) is 3.91. The van der Waals surface area contributed by atoms with Crippen molar-refractivity contribution >= 4 is 17.4 Å². The molecular formula is C22H28N4O3. The molecule has 1 aliphatic rings. The molecule has 29 heavy (non-hydrogen) atoms. The van der Waals surface area contributed by atoms with Gasteiger partial charge in [0, 0.05) is 29.7 Å². The van der Waals surface area contributed by atoms with Crippen molar-refractivity contribution in [2.24, 2.45) is 0 Å². The number of amides is 1. The van der Waals surface area contributed by atoms with Crippen molar-refractivity contribution in [3.63, 3.8) is 0 Å². The van der Waals surface area contributed by atoms with Gasteiger partial charge >= 0.3 is 0 Å². The van der Waals surface area contributed by atoms with Crippen LogP contribution in [0.5, 0.6) is 0 Å². The van der Waals surface area contributed by atoms with E-state index in [9.17, 15) is 14.7 Å². The molecule has 1 fully saturated rings. The van der Waals surface area contributed by atoms with E-state index in [1.54, 1.807) is 18.3 Å². The molecule has 154 valence electrons. The van der Waals surface area contributed by atoms with Gasteiger partial charge in [0.1, 0.15) is 11.8 Å². The normalized spacial score (nSPS) is 18.8. The van der Waals surface area contributed by atoms with E-state index < -0.39 is 17.7 Å². The Hall–Kier alpha value is -2.93. The van der Waals surface area contributed by atoms with Crippen LogP contribution in [0.3, 0.4) is 0 Å². The first-order valence-electron chi connectivity index (χ1n) is 9.74. The Kier molecular flexibility index (Phi) is 5.88. The Bertz CT molecular complexity index is 960. The van der Waals surface area contributed by atoms with Gasteiger partial charge in [-0.15, -0.1) is 0 Å². The molecular weight excluding hydrogens is 368 g/mol. The van der Waals surface area contributed by atoms with Crippen LogP contribution in [-0.4, -0.2) is 63.7 Å². The summed E-state index contributed by atoms with van der Waals surface area (Å²) in [5.74, 6) is -1.40. The number of H-pyrrole nitrogens is 1. The lowest BCUT2D eigenvalue weighted by Gasteiger charge is -2.25. The smallest absolute Gasteiger partial charge is 0.295 e. The quantitative estimate of drug-likeness (QED) is 0.445. The molecule has 3 rings (SSSR count). The second kappa shape index (κ2) is 8.21. The summed E-state index contributed by atoms with van der Waals surface area (Å²) >= 11 is 0. The van der Waals surface area contributed by atoms with Crippen LogP contribution in [-0.2, 0) is 9.59 Å². The van der Waals surface area contributed by atoms with Crippen molar-refractivity contribution in [2.75, 3.05) is 27.2 Å². The van der Waals surface area contributed by atoms with Crippen LogP contribution < -0.4 is 0 Å². The molecule has 0 aliphatic carbocycles. The number of hydrogen-bond acceptors (Lipinski definition) is 5. The van der Waals surface area contributed by atoms with Crippen LogP contribution in [0.25, 0.3) is 5.76 Å². The summed E-state index contributed by atoms with van der Waals surface area (Å²) in [6.07, 6.45) is 2.34. The van der Waals surface area contributed by atoms with E-state index in [0.29, 0.717) is 24.2 Å². The molecule has 1 aliphatic heterocycles. The zero-order chi connectivity index (χ0) is 21.3. The number of rotatable bonds is 6. The molecule has 0 aromatic carbocycles. The Morgan fingerprint density at radius 1 is 1.21 bits per heavy atom. The van der Waals surface area contributed by atoms with E-state index in [1.807, 2.05) is 45.8 Å². The minimum absolute atomic E-state index is 0.101. The first-order valence-corrected chi connectivity index (χ1v) is 9.74. The van der Waals surface area contributed by atoms with Crippen molar-refractivity contribution in [3.8, 4) is 0 Å². The molecule has 0 spiro atoms. The van der Waals surface area contributed by atoms with Gasteiger partial charge in [-0.1, -0.05) is 6.07 Å². The molecule has 1 atom stereocenters. The van der Waals surface area contributed by atoms with Crippen LogP contribution in [0.4, 0.5) is 0 Å². The first-order chi connectivity index (χ1) is 13.7. The van der Waals surface area contributed by atoms with E-state index in [2.05, 4.69) is 9.97 Å². The van der Waals surface area contributed by atoms with Crippen LogP contribution >= 0.6 is 0 Å². The Morgan fingerprint density at radius 3 is 2.48 bits per heavy atom. The van der Waals surface area contributed by atoms with Gasteiger partial charge in [0.15, 0.2) is 0 Å². The lowest BCUT2D eigenvalue weighted by Crippen LogP contribution is -2.32. The SMILES string of the molecule is Cc1[nH]c(C)c(/C(O)=C2\C(=O)C(=O)N(CCCN(C)C)C2c2ccccn2)c1C. The number of aliphatic hydroxyl groups excluding tert-OH is 1. The number of carbonyl (C=O) groups is 2. The zero-order valence-electron chi connectivity index (χ0n) is 17.6. The molecule has 7 heteroatoms.